The fourth-order valence-corrected chi connectivity index (χ4v) is 3.52. The van der Waals surface area contributed by atoms with Gasteiger partial charge < -0.3 is 24.8 Å². The largest absolute Gasteiger partial charge is 0.497 e. The minimum Gasteiger partial charge on any atom is -0.497 e. The highest BCUT2D eigenvalue weighted by Gasteiger charge is 2.28. The molecular weight excluding hydrogens is 512 g/mol. The molecule has 1 heterocycles. The molecule has 0 saturated carbocycles. The molecule has 1 aliphatic heterocycles. The van der Waals surface area contributed by atoms with Gasteiger partial charge in [0.2, 0.25) is 0 Å². The third-order valence-corrected chi connectivity index (χ3v) is 5.05. The van der Waals surface area contributed by atoms with Gasteiger partial charge in [0.15, 0.2) is 5.96 Å². The van der Waals surface area contributed by atoms with E-state index < -0.39 is 6.10 Å². The average molecular weight is 543 g/mol. The average Bonchev–Trinajstić information content (AvgIpc) is 2.76. The van der Waals surface area contributed by atoms with Crippen LogP contribution in [0.1, 0.15) is 37.2 Å². The van der Waals surface area contributed by atoms with Crippen LogP contribution >= 0.6 is 24.0 Å². The van der Waals surface area contributed by atoms with Crippen molar-refractivity contribution >= 4 is 29.9 Å². The van der Waals surface area contributed by atoms with Crippen LogP contribution in [0.5, 0.6) is 5.75 Å². The fourth-order valence-electron chi connectivity index (χ4n) is 3.52. The Labute approximate surface area is 200 Å². The predicted octanol–water partition coefficient (Wildman–Crippen LogP) is 3.91. The highest BCUT2D eigenvalue weighted by atomic mass is 127. The third-order valence-electron chi connectivity index (χ3n) is 5.05. The maximum atomic E-state index is 13.3. The van der Waals surface area contributed by atoms with E-state index >= 15 is 0 Å². The first-order valence-corrected chi connectivity index (χ1v) is 10.3. The van der Waals surface area contributed by atoms with E-state index in [9.17, 15) is 9.50 Å². The van der Waals surface area contributed by atoms with Crippen LogP contribution in [0.15, 0.2) is 53.5 Å². The summed E-state index contributed by atoms with van der Waals surface area (Å²) in [7, 11) is 1.61. The summed E-state index contributed by atoms with van der Waals surface area (Å²) in [5.41, 5.74) is 1.72. The highest BCUT2D eigenvalue weighted by Crippen LogP contribution is 2.26. The molecule has 0 aliphatic carbocycles. The number of aliphatic hydroxyl groups excluding tert-OH is 1. The Bertz CT molecular complexity index is 833. The normalized spacial score (nSPS) is 20.0. The quantitative estimate of drug-likeness (QED) is 0.329. The smallest absolute Gasteiger partial charge is 0.194 e. The van der Waals surface area contributed by atoms with Gasteiger partial charge in [-0.1, -0.05) is 24.3 Å². The molecule has 2 aromatic rings. The van der Waals surface area contributed by atoms with Crippen LogP contribution < -0.4 is 10.1 Å². The summed E-state index contributed by atoms with van der Waals surface area (Å²) < 4.78 is 24.5. The Hall–Kier alpha value is -1.91. The summed E-state index contributed by atoms with van der Waals surface area (Å²) in [6.45, 7) is 6.25. The summed E-state index contributed by atoms with van der Waals surface area (Å²) >= 11 is 0. The van der Waals surface area contributed by atoms with Crippen molar-refractivity contribution in [2.45, 2.75) is 32.2 Å². The van der Waals surface area contributed by atoms with Crippen molar-refractivity contribution in [1.82, 2.24) is 10.2 Å². The molecule has 8 heteroatoms. The predicted molar refractivity (Wildman–Crippen MR) is 131 cm³/mol. The number of nitrogens with zero attached hydrogens (tertiary/aromatic N) is 2. The van der Waals surface area contributed by atoms with Gasteiger partial charge >= 0.3 is 0 Å². The first kappa shape index (κ1) is 25.4. The molecule has 0 amide bonds. The monoisotopic (exact) mass is 543 g/mol. The van der Waals surface area contributed by atoms with E-state index in [4.69, 9.17) is 9.47 Å². The molecule has 1 saturated heterocycles. The summed E-state index contributed by atoms with van der Waals surface area (Å²) in [6.07, 6.45) is -0.898. The van der Waals surface area contributed by atoms with E-state index in [1.165, 1.54) is 12.1 Å². The Morgan fingerprint density at radius 2 is 1.90 bits per heavy atom. The molecule has 3 atom stereocenters. The molecule has 170 valence electrons. The van der Waals surface area contributed by atoms with Crippen molar-refractivity contribution in [2.24, 2.45) is 4.99 Å². The zero-order valence-corrected chi connectivity index (χ0v) is 20.5. The molecule has 2 aromatic carbocycles. The van der Waals surface area contributed by atoms with Crippen LogP contribution in [0.2, 0.25) is 0 Å². The topological polar surface area (TPSA) is 66.3 Å². The first-order valence-electron chi connectivity index (χ1n) is 10.3. The lowest BCUT2D eigenvalue weighted by Crippen LogP contribution is -2.50. The van der Waals surface area contributed by atoms with E-state index in [2.05, 4.69) is 15.2 Å². The van der Waals surface area contributed by atoms with Crippen molar-refractivity contribution < 1.29 is 19.0 Å². The van der Waals surface area contributed by atoms with E-state index in [1.54, 1.807) is 19.2 Å². The molecule has 3 unspecified atom stereocenters. The lowest BCUT2D eigenvalue weighted by atomic mass is 10.1. The van der Waals surface area contributed by atoms with Crippen LogP contribution in [-0.4, -0.2) is 55.4 Å². The number of ether oxygens (including phenoxy) is 2. The second-order valence-corrected chi connectivity index (χ2v) is 7.38. The fraction of sp³-hybridized carbons (Fsp3) is 0.435. The second kappa shape index (κ2) is 12.2. The van der Waals surface area contributed by atoms with Gasteiger partial charge in [0.25, 0.3) is 0 Å². The molecule has 0 aromatic heterocycles. The maximum absolute atomic E-state index is 13.3. The van der Waals surface area contributed by atoms with Crippen molar-refractivity contribution in [1.29, 1.82) is 0 Å². The summed E-state index contributed by atoms with van der Waals surface area (Å²) in [4.78, 5) is 6.80. The number of guanidine groups is 1. The standard InChI is InChI=1S/C23H30FN3O3.HI/c1-4-25-23(26-13-21(28)17-7-11-20(29-3)12-8-17)27-14-16(2)30-22(15-27)18-5-9-19(24)10-6-18;/h5-12,16,21-22,28H,4,13-15H2,1-3H3,(H,25,26);1H. The third kappa shape index (κ3) is 7.05. The van der Waals surface area contributed by atoms with Gasteiger partial charge in [-0.15, -0.1) is 24.0 Å². The number of rotatable bonds is 6. The maximum Gasteiger partial charge on any atom is 0.194 e. The molecule has 0 bridgehead atoms. The van der Waals surface area contributed by atoms with Crippen LogP contribution in [0, 0.1) is 5.82 Å². The van der Waals surface area contributed by atoms with Gasteiger partial charge in [-0.05, 0) is 49.2 Å². The number of hydrogen-bond donors (Lipinski definition) is 2. The summed E-state index contributed by atoms with van der Waals surface area (Å²) in [5.74, 6) is 1.21. The van der Waals surface area contributed by atoms with E-state index in [-0.39, 0.29) is 48.5 Å². The summed E-state index contributed by atoms with van der Waals surface area (Å²) in [5, 5.41) is 13.9. The zero-order chi connectivity index (χ0) is 21.5. The lowest BCUT2D eigenvalue weighted by Gasteiger charge is -2.38. The Morgan fingerprint density at radius 3 is 2.52 bits per heavy atom. The number of methoxy groups -OCH3 is 1. The molecule has 6 nitrogen and oxygen atoms in total. The van der Waals surface area contributed by atoms with Gasteiger partial charge in [-0.2, -0.15) is 0 Å². The molecule has 1 aliphatic rings. The van der Waals surface area contributed by atoms with E-state index in [1.807, 2.05) is 38.1 Å². The second-order valence-electron chi connectivity index (χ2n) is 7.38. The van der Waals surface area contributed by atoms with Crippen molar-refractivity contribution in [3.63, 3.8) is 0 Å². The van der Waals surface area contributed by atoms with Gasteiger partial charge in [-0.25, -0.2) is 4.39 Å². The summed E-state index contributed by atoms with van der Waals surface area (Å²) in [6, 6.07) is 13.7. The molecule has 3 rings (SSSR count). The number of aliphatic imine (C=N–C) groups is 1. The zero-order valence-electron chi connectivity index (χ0n) is 18.1. The van der Waals surface area contributed by atoms with E-state index in [0.29, 0.717) is 19.6 Å². The minimum absolute atomic E-state index is 0. The van der Waals surface area contributed by atoms with E-state index in [0.717, 1.165) is 22.8 Å². The van der Waals surface area contributed by atoms with Crippen LogP contribution in [0.3, 0.4) is 0 Å². The molecule has 0 spiro atoms. The highest BCUT2D eigenvalue weighted by molar-refractivity contribution is 14.0. The Morgan fingerprint density at radius 1 is 1.23 bits per heavy atom. The van der Waals surface area contributed by atoms with Crippen molar-refractivity contribution in [3.8, 4) is 5.75 Å². The SMILES string of the molecule is CCNC(=NCC(O)c1ccc(OC)cc1)N1CC(C)OC(c2ccc(F)cc2)C1.I. The van der Waals surface area contributed by atoms with Crippen molar-refractivity contribution in [2.75, 3.05) is 33.3 Å². The number of benzene rings is 2. The van der Waals surface area contributed by atoms with Gasteiger partial charge in [-0.3, -0.25) is 4.99 Å². The molecule has 31 heavy (non-hydrogen) atoms. The van der Waals surface area contributed by atoms with Gasteiger partial charge in [0, 0.05) is 13.1 Å². The van der Waals surface area contributed by atoms with Crippen molar-refractivity contribution in [3.05, 3.63) is 65.5 Å². The van der Waals surface area contributed by atoms with Crippen LogP contribution in [0.25, 0.3) is 0 Å². The van der Waals surface area contributed by atoms with Gasteiger partial charge in [0.05, 0.1) is 32.4 Å². The Balaban J connectivity index is 0.00000341. The number of morpholine rings is 1. The van der Waals surface area contributed by atoms with Gasteiger partial charge in [0.1, 0.15) is 17.7 Å². The number of aliphatic hydroxyl groups is 1. The minimum atomic E-state index is -0.712. The molecule has 1 fully saturated rings. The van der Waals surface area contributed by atoms with Crippen LogP contribution in [-0.2, 0) is 4.74 Å². The lowest BCUT2D eigenvalue weighted by molar-refractivity contribution is -0.0605. The number of hydrogen-bond acceptors (Lipinski definition) is 4. The first-order chi connectivity index (χ1) is 14.5. The number of nitrogens with one attached hydrogen (secondary N) is 1. The van der Waals surface area contributed by atoms with Crippen LogP contribution in [0.4, 0.5) is 4.39 Å². The Kier molecular flexibility index (Phi) is 9.98. The molecule has 2 N–H and O–H groups in total. The molecule has 0 radical (unpaired) electrons. The number of halogens is 2. The molecular formula is C23H31FIN3O3.